The van der Waals surface area contributed by atoms with Crippen molar-refractivity contribution in [1.29, 1.82) is 0 Å². The fourth-order valence-corrected chi connectivity index (χ4v) is 2.60. The number of hydrogen-bond donors (Lipinski definition) is 1. The van der Waals surface area contributed by atoms with Crippen LogP contribution in [0, 0.1) is 0 Å². The van der Waals surface area contributed by atoms with Crippen molar-refractivity contribution in [3.8, 4) is 5.75 Å². The van der Waals surface area contributed by atoms with E-state index < -0.39 is 0 Å². The summed E-state index contributed by atoms with van der Waals surface area (Å²) in [6, 6.07) is 5.99. The first-order valence-corrected chi connectivity index (χ1v) is 7.28. The zero-order chi connectivity index (χ0) is 12.8. The Morgan fingerprint density at radius 2 is 2.39 bits per heavy atom. The molecule has 0 saturated carbocycles. The summed E-state index contributed by atoms with van der Waals surface area (Å²) in [6.07, 6.45) is 5.19. The van der Waals surface area contributed by atoms with E-state index in [4.69, 9.17) is 9.47 Å². The quantitative estimate of drug-likeness (QED) is 0.810. The van der Waals surface area contributed by atoms with Crippen LogP contribution in [0.1, 0.15) is 25.7 Å². The molecule has 1 fully saturated rings. The molecule has 1 aromatic rings. The minimum absolute atomic E-state index is 0.483. The maximum atomic E-state index is 5.61. The smallest absolute Gasteiger partial charge is 0.142 e. The van der Waals surface area contributed by atoms with Crippen molar-refractivity contribution in [2.75, 3.05) is 25.6 Å². The van der Waals surface area contributed by atoms with E-state index in [9.17, 15) is 0 Å². The summed E-state index contributed by atoms with van der Waals surface area (Å²) in [6.45, 7) is 1.89. The van der Waals surface area contributed by atoms with Crippen LogP contribution in [0.3, 0.4) is 0 Å². The molecule has 1 heterocycles. The molecule has 0 aliphatic carbocycles. The molecule has 4 heteroatoms. The fraction of sp³-hybridized carbons (Fsp3) is 0.571. The van der Waals surface area contributed by atoms with Crippen LogP contribution in [0.25, 0.3) is 0 Å². The Bertz CT molecular complexity index is 378. The van der Waals surface area contributed by atoms with Gasteiger partial charge in [0.2, 0.25) is 0 Å². The van der Waals surface area contributed by atoms with Gasteiger partial charge in [0.1, 0.15) is 5.75 Å². The Morgan fingerprint density at radius 1 is 1.50 bits per heavy atom. The standard InChI is InChI=1S/C14H20BrNO2/c1-17-14-7-6-11(15)10-13(14)16-8-2-4-12-5-3-9-18-12/h6-7,10,12,16H,2-5,8-9H2,1H3. The Kier molecular flexibility index (Phi) is 5.32. The van der Waals surface area contributed by atoms with Crippen molar-refractivity contribution in [2.45, 2.75) is 31.8 Å². The van der Waals surface area contributed by atoms with Crippen LogP contribution < -0.4 is 10.1 Å². The van der Waals surface area contributed by atoms with Crippen LogP contribution in [-0.4, -0.2) is 26.4 Å². The topological polar surface area (TPSA) is 30.5 Å². The molecule has 1 aromatic carbocycles. The van der Waals surface area contributed by atoms with Crippen molar-refractivity contribution in [3.05, 3.63) is 22.7 Å². The van der Waals surface area contributed by atoms with E-state index in [1.165, 1.54) is 12.8 Å². The lowest BCUT2D eigenvalue weighted by Gasteiger charge is -2.13. The highest BCUT2D eigenvalue weighted by Crippen LogP contribution is 2.28. The van der Waals surface area contributed by atoms with Crippen molar-refractivity contribution >= 4 is 21.6 Å². The van der Waals surface area contributed by atoms with Gasteiger partial charge in [0.05, 0.1) is 18.9 Å². The zero-order valence-corrected chi connectivity index (χ0v) is 12.3. The molecule has 1 saturated heterocycles. The number of rotatable bonds is 6. The highest BCUT2D eigenvalue weighted by atomic mass is 79.9. The Hall–Kier alpha value is -0.740. The lowest BCUT2D eigenvalue weighted by molar-refractivity contribution is 0.103. The molecule has 18 heavy (non-hydrogen) atoms. The Balaban J connectivity index is 1.76. The second kappa shape index (κ2) is 7.00. The number of nitrogens with one attached hydrogen (secondary N) is 1. The first-order chi connectivity index (χ1) is 8.79. The molecular formula is C14H20BrNO2. The Morgan fingerprint density at radius 3 is 3.11 bits per heavy atom. The molecule has 2 rings (SSSR count). The SMILES string of the molecule is COc1ccc(Br)cc1NCCCC1CCCO1. The van der Waals surface area contributed by atoms with Gasteiger partial charge in [0, 0.05) is 17.6 Å². The van der Waals surface area contributed by atoms with Gasteiger partial charge in [-0.15, -0.1) is 0 Å². The Labute approximate surface area is 117 Å². The molecule has 1 atom stereocenters. The molecule has 1 aliphatic rings. The summed E-state index contributed by atoms with van der Waals surface area (Å²) < 4.78 is 12.0. The van der Waals surface area contributed by atoms with E-state index in [0.29, 0.717) is 6.10 Å². The average Bonchev–Trinajstić information content (AvgIpc) is 2.88. The molecule has 1 unspecified atom stereocenters. The number of benzene rings is 1. The van der Waals surface area contributed by atoms with Gasteiger partial charge >= 0.3 is 0 Å². The molecule has 0 aromatic heterocycles. The number of anilines is 1. The van der Waals surface area contributed by atoms with Gasteiger partial charge in [0.15, 0.2) is 0 Å². The van der Waals surface area contributed by atoms with Crippen LogP contribution in [0.5, 0.6) is 5.75 Å². The first-order valence-electron chi connectivity index (χ1n) is 6.48. The number of halogens is 1. The number of methoxy groups -OCH3 is 1. The predicted molar refractivity (Wildman–Crippen MR) is 77.4 cm³/mol. The van der Waals surface area contributed by atoms with Gasteiger partial charge in [0.25, 0.3) is 0 Å². The molecule has 3 nitrogen and oxygen atoms in total. The molecule has 100 valence electrons. The van der Waals surface area contributed by atoms with Gasteiger partial charge < -0.3 is 14.8 Å². The maximum absolute atomic E-state index is 5.61. The van der Waals surface area contributed by atoms with E-state index >= 15 is 0 Å². The van der Waals surface area contributed by atoms with E-state index in [1.807, 2.05) is 18.2 Å². The van der Waals surface area contributed by atoms with Gasteiger partial charge in [-0.1, -0.05) is 15.9 Å². The largest absolute Gasteiger partial charge is 0.495 e. The lowest BCUT2D eigenvalue weighted by atomic mass is 10.1. The lowest BCUT2D eigenvalue weighted by Crippen LogP contribution is -2.09. The van der Waals surface area contributed by atoms with Crippen molar-refractivity contribution < 1.29 is 9.47 Å². The van der Waals surface area contributed by atoms with Crippen molar-refractivity contribution in [1.82, 2.24) is 0 Å². The highest BCUT2D eigenvalue weighted by molar-refractivity contribution is 9.10. The first kappa shape index (κ1) is 13.7. The predicted octanol–water partition coefficient (Wildman–Crippen LogP) is 3.83. The third kappa shape index (κ3) is 3.89. The highest BCUT2D eigenvalue weighted by Gasteiger charge is 2.14. The normalized spacial score (nSPS) is 18.9. The summed E-state index contributed by atoms with van der Waals surface area (Å²) in [7, 11) is 1.70. The summed E-state index contributed by atoms with van der Waals surface area (Å²) in [5, 5.41) is 3.42. The second-order valence-corrected chi connectivity index (χ2v) is 5.46. The van der Waals surface area contributed by atoms with Gasteiger partial charge in [-0.3, -0.25) is 0 Å². The minimum atomic E-state index is 0.483. The molecule has 0 bridgehead atoms. The number of ether oxygens (including phenoxy) is 2. The number of hydrogen-bond acceptors (Lipinski definition) is 3. The molecule has 1 aliphatic heterocycles. The van der Waals surface area contributed by atoms with Gasteiger partial charge in [-0.05, 0) is 43.9 Å². The van der Waals surface area contributed by atoms with Crippen LogP contribution >= 0.6 is 15.9 Å². The van der Waals surface area contributed by atoms with E-state index in [2.05, 4.69) is 21.2 Å². The second-order valence-electron chi connectivity index (χ2n) is 4.55. The molecule has 0 amide bonds. The van der Waals surface area contributed by atoms with Gasteiger partial charge in [-0.25, -0.2) is 0 Å². The minimum Gasteiger partial charge on any atom is -0.495 e. The van der Waals surface area contributed by atoms with Gasteiger partial charge in [-0.2, -0.15) is 0 Å². The third-order valence-electron chi connectivity index (χ3n) is 3.20. The fourth-order valence-electron chi connectivity index (χ4n) is 2.24. The monoisotopic (exact) mass is 313 g/mol. The summed E-state index contributed by atoms with van der Waals surface area (Å²) in [5.41, 5.74) is 1.04. The van der Waals surface area contributed by atoms with Crippen LogP contribution in [0.4, 0.5) is 5.69 Å². The van der Waals surface area contributed by atoms with E-state index in [-0.39, 0.29) is 0 Å². The van der Waals surface area contributed by atoms with Crippen LogP contribution in [0.2, 0.25) is 0 Å². The van der Waals surface area contributed by atoms with Crippen molar-refractivity contribution in [2.24, 2.45) is 0 Å². The molecular weight excluding hydrogens is 294 g/mol. The van der Waals surface area contributed by atoms with Crippen molar-refractivity contribution in [3.63, 3.8) is 0 Å². The van der Waals surface area contributed by atoms with Crippen LogP contribution in [0.15, 0.2) is 22.7 Å². The molecule has 1 N–H and O–H groups in total. The average molecular weight is 314 g/mol. The molecule has 0 radical (unpaired) electrons. The zero-order valence-electron chi connectivity index (χ0n) is 10.7. The molecule has 0 spiro atoms. The van der Waals surface area contributed by atoms with E-state index in [1.54, 1.807) is 7.11 Å². The maximum Gasteiger partial charge on any atom is 0.142 e. The summed E-state index contributed by atoms with van der Waals surface area (Å²) >= 11 is 3.47. The third-order valence-corrected chi connectivity index (χ3v) is 3.70. The van der Waals surface area contributed by atoms with Crippen LogP contribution in [-0.2, 0) is 4.74 Å². The summed E-state index contributed by atoms with van der Waals surface area (Å²) in [4.78, 5) is 0. The van der Waals surface area contributed by atoms with E-state index in [0.717, 1.165) is 41.9 Å². The summed E-state index contributed by atoms with van der Waals surface area (Å²) in [5.74, 6) is 0.885.